The van der Waals surface area contributed by atoms with E-state index in [2.05, 4.69) is 22.0 Å². The zero-order valence-corrected chi connectivity index (χ0v) is 16.5. The Morgan fingerprint density at radius 1 is 1.07 bits per heavy atom. The second-order valence-corrected chi connectivity index (χ2v) is 7.35. The third-order valence-electron chi connectivity index (χ3n) is 5.26. The first kappa shape index (κ1) is 19.3. The van der Waals surface area contributed by atoms with Crippen molar-refractivity contribution in [3.8, 4) is 11.5 Å². The van der Waals surface area contributed by atoms with E-state index in [-0.39, 0.29) is 18.1 Å². The van der Waals surface area contributed by atoms with E-state index in [0.717, 1.165) is 19.6 Å². The number of hydrogen-bond acceptors (Lipinski definition) is 4. The number of aryl methyl sites for hydroxylation is 1. The van der Waals surface area contributed by atoms with Crippen LogP contribution in [0, 0.1) is 12.7 Å². The van der Waals surface area contributed by atoms with Crippen molar-refractivity contribution in [1.82, 2.24) is 14.8 Å². The van der Waals surface area contributed by atoms with Crippen LogP contribution in [0.2, 0.25) is 0 Å². The summed E-state index contributed by atoms with van der Waals surface area (Å²) in [5, 5.41) is 0. The molecule has 1 aliphatic heterocycles. The van der Waals surface area contributed by atoms with Crippen molar-refractivity contribution in [1.29, 1.82) is 0 Å². The van der Waals surface area contributed by atoms with Crippen molar-refractivity contribution in [3.63, 3.8) is 0 Å². The fourth-order valence-corrected chi connectivity index (χ4v) is 3.59. The number of rotatable bonds is 5. The Bertz CT molecular complexity index is 979. The summed E-state index contributed by atoms with van der Waals surface area (Å²) in [7, 11) is 0. The lowest BCUT2D eigenvalue weighted by Crippen LogP contribution is -2.48. The number of oxazole rings is 1. The fourth-order valence-electron chi connectivity index (χ4n) is 3.59. The zero-order valence-electron chi connectivity index (χ0n) is 16.5. The van der Waals surface area contributed by atoms with Gasteiger partial charge in [-0.15, -0.1) is 0 Å². The molecule has 0 saturated carbocycles. The van der Waals surface area contributed by atoms with Gasteiger partial charge in [-0.05, 0) is 30.7 Å². The summed E-state index contributed by atoms with van der Waals surface area (Å²) in [4.78, 5) is 21.4. The van der Waals surface area contributed by atoms with Crippen molar-refractivity contribution in [2.75, 3.05) is 26.2 Å². The first-order valence-corrected chi connectivity index (χ1v) is 9.85. The maximum Gasteiger partial charge on any atom is 0.228 e. The minimum absolute atomic E-state index is 0.0477. The summed E-state index contributed by atoms with van der Waals surface area (Å²) in [6.07, 6.45) is 0.198. The van der Waals surface area contributed by atoms with Crippen LogP contribution in [0.1, 0.15) is 17.0 Å². The van der Waals surface area contributed by atoms with Crippen LogP contribution in [0.15, 0.2) is 59.0 Å². The summed E-state index contributed by atoms with van der Waals surface area (Å²) in [6, 6.07) is 16.5. The molecule has 4 rings (SSSR count). The molecule has 0 N–H and O–H groups in total. The Morgan fingerprint density at radius 2 is 1.83 bits per heavy atom. The van der Waals surface area contributed by atoms with Crippen LogP contribution in [-0.4, -0.2) is 46.9 Å². The largest absolute Gasteiger partial charge is 0.441 e. The van der Waals surface area contributed by atoms with Gasteiger partial charge >= 0.3 is 0 Å². The molecule has 1 aromatic heterocycles. The smallest absolute Gasteiger partial charge is 0.228 e. The molecule has 1 fully saturated rings. The quantitative estimate of drug-likeness (QED) is 0.664. The highest BCUT2D eigenvalue weighted by Gasteiger charge is 2.23. The van der Waals surface area contributed by atoms with E-state index >= 15 is 0 Å². The highest BCUT2D eigenvalue weighted by molar-refractivity contribution is 5.78. The van der Waals surface area contributed by atoms with Crippen molar-refractivity contribution >= 4 is 5.91 Å². The maximum absolute atomic E-state index is 13.4. The molecule has 0 bridgehead atoms. The number of piperazine rings is 1. The Labute approximate surface area is 169 Å². The van der Waals surface area contributed by atoms with E-state index in [0.29, 0.717) is 36.0 Å². The predicted octanol–water partition coefficient (Wildman–Crippen LogP) is 3.68. The minimum atomic E-state index is -0.343. The lowest BCUT2D eigenvalue weighted by molar-refractivity contribution is -0.132. The van der Waals surface area contributed by atoms with Crippen LogP contribution in [0.5, 0.6) is 0 Å². The average Bonchev–Trinajstić information content (AvgIpc) is 3.10. The number of nitrogens with zero attached hydrogens (tertiary/aromatic N) is 3. The van der Waals surface area contributed by atoms with Gasteiger partial charge in [-0.1, -0.05) is 36.4 Å². The molecule has 6 heteroatoms. The minimum Gasteiger partial charge on any atom is -0.441 e. The molecule has 1 aliphatic rings. The van der Waals surface area contributed by atoms with Gasteiger partial charge in [0.25, 0.3) is 0 Å². The lowest BCUT2D eigenvalue weighted by atomic mass is 10.2. The van der Waals surface area contributed by atoms with Gasteiger partial charge in [-0.2, -0.15) is 0 Å². The molecule has 2 aromatic carbocycles. The number of aromatic nitrogens is 1. The van der Waals surface area contributed by atoms with Crippen LogP contribution < -0.4 is 0 Å². The van der Waals surface area contributed by atoms with Gasteiger partial charge in [0, 0.05) is 38.3 Å². The Kier molecular flexibility index (Phi) is 5.71. The summed E-state index contributed by atoms with van der Waals surface area (Å²) in [5.74, 6) is 0.647. The van der Waals surface area contributed by atoms with E-state index in [1.54, 1.807) is 19.1 Å². The van der Waals surface area contributed by atoms with E-state index in [1.165, 1.54) is 17.7 Å². The lowest BCUT2D eigenvalue weighted by Gasteiger charge is -2.34. The van der Waals surface area contributed by atoms with Crippen molar-refractivity contribution < 1.29 is 13.6 Å². The van der Waals surface area contributed by atoms with Crippen LogP contribution in [0.25, 0.3) is 11.5 Å². The van der Waals surface area contributed by atoms with Crippen LogP contribution in [-0.2, 0) is 17.8 Å². The molecule has 1 saturated heterocycles. The van der Waals surface area contributed by atoms with Crippen molar-refractivity contribution in [2.24, 2.45) is 0 Å². The molecule has 2 heterocycles. The van der Waals surface area contributed by atoms with Gasteiger partial charge in [0.1, 0.15) is 11.6 Å². The molecule has 5 nitrogen and oxygen atoms in total. The monoisotopic (exact) mass is 393 g/mol. The molecule has 29 heavy (non-hydrogen) atoms. The summed E-state index contributed by atoms with van der Waals surface area (Å²) >= 11 is 0. The molecule has 0 spiro atoms. The van der Waals surface area contributed by atoms with E-state index in [4.69, 9.17) is 4.42 Å². The van der Waals surface area contributed by atoms with Crippen molar-refractivity contribution in [2.45, 2.75) is 19.9 Å². The van der Waals surface area contributed by atoms with Crippen LogP contribution >= 0.6 is 0 Å². The third kappa shape index (κ3) is 4.71. The van der Waals surface area contributed by atoms with Gasteiger partial charge in [-0.3, -0.25) is 9.69 Å². The number of benzene rings is 2. The highest BCUT2D eigenvalue weighted by atomic mass is 19.1. The molecular weight excluding hydrogens is 369 g/mol. The van der Waals surface area contributed by atoms with Gasteiger partial charge < -0.3 is 9.32 Å². The van der Waals surface area contributed by atoms with Crippen LogP contribution in [0.3, 0.4) is 0 Å². The first-order chi connectivity index (χ1) is 14.1. The Hall–Kier alpha value is -2.99. The SMILES string of the molecule is Cc1oc(-c2cccc(F)c2)nc1CC(=O)N1CCN(Cc2ccccc2)CC1. The molecule has 150 valence electrons. The van der Waals surface area contributed by atoms with Crippen LogP contribution in [0.4, 0.5) is 4.39 Å². The summed E-state index contributed by atoms with van der Waals surface area (Å²) in [6.45, 7) is 5.82. The van der Waals surface area contributed by atoms with Gasteiger partial charge in [0.15, 0.2) is 0 Å². The topological polar surface area (TPSA) is 49.6 Å². The van der Waals surface area contributed by atoms with E-state index in [9.17, 15) is 9.18 Å². The van der Waals surface area contributed by atoms with Gasteiger partial charge in [0.05, 0.1) is 12.1 Å². The zero-order chi connectivity index (χ0) is 20.2. The Morgan fingerprint density at radius 3 is 2.55 bits per heavy atom. The molecule has 3 aromatic rings. The molecule has 0 atom stereocenters. The Balaban J connectivity index is 1.34. The molecule has 0 aliphatic carbocycles. The molecule has 0 unspecified atom stereocenters. The number of carbonyl (C=O) groups is 1. The molecule has 1 amide bonds. The normalized spacial score (nSPS) is 14.9. The molecule has 0 radical (unpaired) electrons. The predicted molar refractivity (Wildman–Crippen MR) is 109 cm³/mol. The van der Waals surface area contributed by atoms with E-state index in [1.807, 2.05) is 23.1 Å². The number of halogens is 1. The number of amides is 1. The van der Waals surface area contributed by atoms with Gasteiger partial charge in [-0.25, -0.2) is 9.37 Å². The second kappa shape index (κ2) is 8.57. The number of hydrogen-bond donors (Lipinski definition) is 0. The first-order valence-electron chi connectivity index (χ1n) is 9.85. The summed E-state index contributed by atoms with van der Waals surface area (Å²) < 4.78 is 19.1. The second-order valence-electron chi connectivity index (χ2n) is 7.35. The third-order valence-corrected chi connectivity index (χ3v) is 5.26. The average molecular weight is 393 g/mol. The fraction of sp³-hybridized carbons (Fsp3) is 0.304. The van der Waals surface area contributed by atoms with Crippen molar-refractivity contribution in [3.05, 3.63) is 77.4 Å². The standard InChI is InChI=1S/C23H24FN3O2/c1-17-21(25-23(29-17)19-8-5-9-20(24)14-19)15-22(28)27-12-10-26(11-13-27)16-18-6-3-2-4-7-18/h2-9,14H,10-13,15-16H2,1H3. The summed E-state index contributed by atoms with van der Waals surface area (Å²) in [5.41, 5.74) is 2.47. The van der Waals surface area contributed by atoms with E-state index < -0.39 is 0 Å². The maximum atomic E-state index is 13.4. The molecular formula is C23H24FN3O2. The number of carbonyl (C=O) groups excluding carboxylic acids is 1. The highest BCUT2D eigenvalue weighted by Crippen LogP contribution is 2.23. The van der Waals surface area contributed by atoms with Gasteiger partial charge in [0.2, 0.25) is 11.8 Å².